The number of non-ortho nitro benzene ring substituents is 1. The predicted molar refractivity (Wildman–Crippen MR) is 97.0 cm³/mol. The third kappa shape index (κ3) is 5.60. The lowest BCUT2D eigenvalue weighted by atomic mass is 9.87. The molecule has 0 spiro atoms. The molecule has 132 valence electrons. The Morgan fingerprint density at radius 3 is 2.20 bits per heavy atom. The van der Waals surface area contributed by atoms with Crippen LogP contribution in [0.2, 0.25) is 0 Å². The second kappa shape index (κ2) is 7.79. The van der Waals surface area contributed by atoms with Gasteiger partial charge < -0.3 is 10.1 Å². The van der Waals surface area contributed by atoms with Crippen molar-refractivity contribution in [3.05, 3.63) is 64.2 Å². The number of carbonyl (C=O) groups excluding carboxylic acids is 1. The van der Waals surface area contributed by atoms with E-state index in [4.69, 9.17) is 4.74 Å². The maximum atomic E-state index is 11.9. The third-order valence-corrected chi connectivity index (χ3v) is 3.68. The van der Waals surface area contributed by atoms with E-state index in [1.54, 1.807) is 0 Å². The minimum atomic E-state index is -0.470. The summed E-state index contributed by atoms with van der Waals surface area (Å²) in [6.45, 7) is 6.60. The first-order chi connectivity index (χ1) is 11.8. The van der Waals surface area contributed by atoms with Crippen molar-refractivity contribution in [2.24, 2.45) is 0 Å². The van der Waals surface area contributed by atoms with Gasteiger partial charge in [-0.1, -0.05) is 32.9 Å². The molecular weight excluding hydrogens is 320 g/mol. The Bertz CT molecular complexity index is 732. The van der Waals surface area contributed by atoms with Gasteiger partial charge in [-0.25, -0.2) is 0 Å². The van der Waals surface area contributed by atoms with Crippen LogP contribution in [0.15, 0.2) is 48.5 Å². The molecule has 6 nitrogen and oxygen atoms in total. The maximum absolute atomic E-state index is 11.9. The molecule has 2 rings (SSSR count). The predicted octanol–water partition coefficient (Wildman–Crippen LogP) is 4.30. The van der Waals surface area contributed by atoms with E-state index in [1.165, 1.54) is 29.8 Å². The van der Waals surface area contributed by atoms with Crippen LogP contribution in [0, 0.1) is 10.1 Å². The SMILES string of the molecule is CC(C)(C)c1ccc(NC(=O)CCOc2ccc([N+](=O)[O-])cc2)cc1. The van der Waals surface area contributed by atoms with Gasteiger partial charge in [0.25, 0.3) is 5.69 Å². The van der Waals surface area contributed by atoms with Crippen LogP contribution in [-0.2, 0) is 10.2 Å². The number of anilines is 1. The molecule has 0 aromatic heterocycles. The summed E-state index contributed by atoms with van der Waals surface area (Å²) in [5.74, 6) is 0.346. The third-order valence-electron chi connectivity index (χ3n) is 3.68. The molecule has 0 aliphatic carbocycles. The molecule has 2 aromatic carbocycles. The number of nitro groups is 1. The molecular formula is C19H22N2O4. The molecule has 1 amide bonds. The lowest BCUT2D eigenvalue weighted by Crippen LogP contribution is -2.16. The van der Waals surface area contributed by atoms with E-state index < -0.39 is 4.92 Å². The lowest BCUT2D eigenvalue weighted by molar-refractivity contribution is -0.384. The topological polar surface area (TPSA) is 81.5 Å². The summed E-state index contributed by atoms with van der Waals surface area (Å²) >= 11 is 0. The Morgan fingerprint density at radius 2 is 1.68 bits per heavy atom. The second-order valence-corrected chi connectivity index (χ2v) is 6.72. The van der Waals surface area contributed by atoms with E-state index >= 15 is 0 Å². The number of hydrogen-bond donors (Lipinski definition) is 1. The molecule has 1 N–H and O–H groups in total. The Morgan fingerprint density at radius 1 is 1.08 bits per heavy atom. The summed E-state index contributed by atoms with van der Waals surface area (Å²) in [6, 6.07) is 13.5. The number of benzene rings is 2. The molecule has 0 aliphatic heterocycles. The number of nitrogens with one attached hydrogen (secondary N) is 1. The van der Waals surface area contributed by atoms with E-state index in [0.717, 1.165) is 5.69 Å². The number of rotatable bonds is 6. The Kier molecular flexibility index (Phi) is 5.75. The Labute approximate surface area is 147 Å². The van der Waals surface area contributed by atoms with Crippen LogP contribution in [0.5, 0.6) is 5.75 Å². The molecule has 0 atom stereocenters. The average molecular weight is 342 g/mol. The zero-order chi connectivity index (χ0) is 18.4. The highest BCUT2D eigenvalue weighted by Crippen LogP contribution is 2.23. The summed E-state index contributed by atoms with van der Waals surface area (Å²) < 4.78 is 5.43. The summed E-state index contributed by atoms with van der Waals surface area (Å²) in [5.41, 5.74) is 2.02. The molecule has 0 bridgehead atoms. The van der Waals surface area contributed by atoms with Gasteiger partial charge in [-0.15, -0.1) is 0 Å². The quantitative estimate of drug-likeness (QED) is 0.627. The van der Waals surface area contributed by atoms with Gasteiger partial charge in [0.05, 0.1) is 18.0 Å². The van der Waals surface area contributed by atoms with E-state index in [-0.39, 0.29) is 30.0 Å². The molecule has 6 heteroatoms. The molecule has 2 aromatic rings. The van der Waals surface area contributed by atoms with E-state index in [0.29, 0.717) is 5.75 Å². The standard InChI is InChI=1S/C19H22N2O4/c1-19(2,3)14-4-6-15(7-5-14)20-18(22)12-13-25-17-10-8-16(9-11-17)21(23)24/h4-11H,12-13H2,1-3H3,(H,20,22). The fraction of sp³-hybridized carbons (Fsp3) is 0.316. The molecule has 0 heterocycles. The fourth-order valence-corrected chi connectivity index (χ4v) is 2.20. The van der Waals surface area contributed by atoms with Gasteiger partial charge in [-0.2, -0.15) is 0 Å². The normalized spacial score (nSPS) is 11.0. The fourth-order valence-electron chi connectivity index (χ4n) is 2.20. The zero-order valence-corrected chi connectivity index (χ0v) is 14.6. The highest BCUT2D eigenvalue weighted by atomic mass is 16.6. The number of hydrogen-bond acceptors (Lipinski definition) is 4. The zero-order valence-electron chi connectivity index (χ0n) is 14.6. The highest BCUT2D eigenvalue weighted by molar-refractivity contribution is 5.90. The average Bonchev–Trinajstić information content (AvgIpc) is 2.55. The van der Waals surface area contributed by atoms with Crippen LogP contribution in [0.1, 0.15) is 32.8 Å². The van der Waals surface area contributed by atoms with Crippen molar-refractivity contribution >= 4 is 17.3 Å². The first kappa shape index (κ1) is 18.4. The van der Waals surface area contributed by atoms with Crippen LogP contribution in [0.4, 0.5) is 11.4 Å². The van der Waals surface area contributed by atoms with Crippen molar-refractivity contribution in [2.45, 2.75) is 32.6 Å². The van der Waals surface area contributed by atoms with Crippen LogP contribution >= 0.6 is 0 Å². The van der Waals surface area contributed by atoms with Crippen LogP contribution in [0.25, 0.3) is 0 Å². The van der Waals surface area contributed by atoms with Crippen LogP contribution in [-0.4, -0.2) is 17.4 Å². The molecule has 25 heavy (non-hydrogen) atoms. The molecule has 0 radical (unpaired) electrons. The lowest BCUT2D eigenvalue weighted by Gasteiger charge is -2.19. The number of amides is 1. The highest BCUT2D eigenvalue weighted by Gasteiger charge is 2.13. The van der Waals surface area contributed by atoms with E-state index in [2.05, 4.69) is 26.1 Å². The Hall–Kier alpha value is -2.89. The van der Waals surface area contributed by atoms with Gasteiger partial charge in [0.2, 0.25) is 5.91 Å². The smallest absolute Gasteiger partial charge is 0.269 e. The summed E-state index contributed by atoms with van der Waals surface area (Å²) in [5, 5.41) is 13.4. The van der Waals surface area contributed by atoms with Crippen LogP contribution < -0.4 is 10.1 Å². The van der Waals surface area contributed by atoms with Crippen molar-refractivity contribution in [2.75, 3.05) is 11.9 Å². The molecule has 0 saturated carbocycles. The van der Waals surface area contributed by atoms with Crippen molar-refractivity contribution < 1.29 is 14.5 Å². The Balaban J connectivity index is 1.79. The van der Waals surface area contributed by atoms with Crippen molar-refractivity contribution in [1.29, 1.82) is 0 Å². The van der Waals surface area contributed by atoms with Gasteiger partial charge in [0, 0.05) is 17.8 Å². The number of nitro benzene ring substituents is 1. The first-order valence-electron chi connectivity index (χ1n) is 8.03. The molecule has 0 unspecified atom stereocenters. The number of nitrogens with zero attached hydrogens (tertiary/aromatic N) is 1. The molecule has 0 saturated heterocycles. The minimum absolute atomic E-state index is 0.00352. The van der Waals surface area contributed by atoms with Crippen molar-refractivity contribution in [1.82, 2.24) is 0 Å². The summed E-state index contributed by atoms with van der Waals surface area (Å²) in [7, 11) is 0. The van der Waals surface area contributed by atoms with E-state index in [1.807, 2.05) is 24.3 Å². The first-order valence-corrected chi connectivity index (χ1v) is 8.03. The van der Waals surface area contributed by atoms with Crippen molar-refractivity contribution in [3.63, 3.8) is 0 Å². The molecule has 0 fully saturated rings. The largest absolute Gasteiger partial charge is 0.493 e. The number of carbonyl (C=O) groups is 1. The van der Waals surface area contributed by atoms with Gasteiger partial charge in [0.15, 0.2) is 0 Å². The molecule has 0 aliphatic rings. The summed E-state index contributed by atoms with van der Waals surface area (Å²) in [6.07, 6.45) is 0.192. The van der Waals surface area contributed by atoms with Gasteiger partial charge in [-0.3, -0.25) is 14.9 Å². The van der Waals surface area contributed by atoms with Gasteiger partial charge in [0.1, 0.15) is 5.75 Å². The maximum Gasteiger partial charge on any atom is 0.269 e. The summed E-state index contributed by atoms with van der Waals surface area (Å²) in [4.78, 5) is 22.1. The van der Waals surface area contributed by atoms with Gasteiger partial charge >= 0.3 is 0 Å². The monoisotopic (exact) mass is 342 g/mol. The van der Waals surface area contributed by atoms with Crippen molar-refractivity contribution in [3.8, 4) is 5.75 Å². The van der Waals surface area contributed by atoms with E-state index in [9.17, 15) is 14.9 Å². The second-order valence-electron chi connectivity index (χ2n) is 6.72. The number of ether oxygens (including phenoxy) is 1. The minimum Gasteiger partial charge on any atom is -0.493 e. The van der Waals surface area contributed by atoms with Crippen LogP contribution in [0.3, 0.4) is 0 Å². The van der Waals surface area contributed by atoms with Gasteiger partial charge in [-0.05, 0) is 35.2 Å².